The fraction of sp³-hybridized carbons (Fsp3) is 0.429. The van der Waals surface area contributed by atoms with Crippen molar-refractivity contribution in [1.29, 1.82) is 0 Å². The zero-order chi connectivity index (χ0) is 15.8. The van der Waals surface area contributed by atoms with Crippen LogP contribution in [0.2, 0.25) is 0 Å². The summed E-state index contributed by atoms with van der Waals surface area (Å²) in [5.74, 6) is -1.31. The van der Waals surface area contributed by atoms with Crippen LogP contribution in [-0.2, 0) is 4.79 Å². The first kappa shape index (κ1) is 15.3. The highest BCUT2D eigenvalue weighted by atomic mass is 19.4. The lowest BCUT2D eigenvalue weighted by Crippen LogP contribution is -2.56. The van der Waals surface area contributed by atoms with E-state index < -0.39 is 30.1 Å². The zero-order valence-corrected chi connectivity index (χ0v) is 11.6. The Kier molecular flexibility index (Phi) is 3.69. The molecule has 7 heteroatoms. The predicted octanol–water partition coefficient (Wildman–Crippen LogP) is 2.49. The van der Waals surface area contributed by atoms with Crippen LogP contribution in [0.3, 0.4) is 0 Å². The smallest absolute Gasteiger partial charge is 0.338 e. The molecular weight excluding hydrogens is 285 g/mol. The van der Waals surface area contributed by atoms with E-state index in [0.717, 1.165) is 0 Å². The van der Waals surface area contributed by atoms with Crippen LogP contribution in [0.1, 0.15) is 30.6 Å². The lowest BCUT2D eigenvalue weighted by Gasteiger charge is -2.32. The van der Waals surface area contributed by atoms with Gasteiger partial charge in [0, 0.05) is 0 Å². The van der Waals surface area contributed by atoms with E-state index in [0.29, 0.717) is 4.90 Å². The van der Waals surface area contributed by atoms with E-state index in [1.807, 2.05) is 0 Å². The van der Waals surface area contributed by atoms with E-state index in [-0.39, 0.29) is 17.7 Å². The van der Waals surface area contributed by atoms with Gasteiger partial charge >= 0.3 is 6.18 Å². The van der Waals surface area contributed by atoms with Gasteiger partial charge in [-0.2, -0.15) is 13.2 Å². The number of benzene rings is 1. The fourth-order valence-corrected chi connectivity index (χ4v) is 2.26. The number of halogens is 3. The molecule has 0 saturated carbocycles. The summed E-state index contributed by atoms with van der Waals surface area (Å²) >= 11 is 0. The predicted molar refractivity (Wildman–Crippen MR) is 71.0 cm³/mol. The Labute approximate surface area is 119 Å². The standard InChI is InChI=1S/C14H15F3N2O2/c1-3-13(2)12(21)19(8-14(15,16)17)10-7-5-4-6-9(10)11(20)18-13/h4-7H,3,8H2,1-2H3,(H,18,20). The molecular formula is C14H15F3N2O2. The van der Waals surface area contributed by atoms with Gasteiger partial charge < -0.3 is 10.2 Å². The summed E-state index contributed by atoms with van der Waals surface area (Å²) in [6, 6.07) is 5.79. The summed E-state index contributed by atoms with van der Waals surface area (Å²) in [6.45, 7) is 1.65. The molecule has 1 heterocycles. The number of nitrogens with zero attached hydrogens (tertiary/aromatic N) is 1. The number of amides is 2. The molecule has 0 aliphatic carbocycles. The van der Waals surface area contributed by atoms with Gasteiger partial charge in [-0.25, -0.2) is 0 Å². The summed E-state index contributed by atoms with van der Waals surface area (Å²) in [7, 11) is 0. The highest BCUT2D eigenvalue weighted by molar-refractivity contribution is 6.12. The lowest BCUT2D eigenvalue weighted by atomic mass is 9.97. The highest BCUT2D eigenvalue weighted by Gasteiger charge is 2.45. The first-order chi connectivity index (χ1) is 9.68. The van der Waals surface area contributed by atoms with Crippen molar-refractivity contribution < 1.29 is 22.8 Å². The van der Waals surface area contributed by atoms with Crippen LogP contribution in [-0.4, -0.2) is 30.1 Å². The van der Waals surface area contributed by atoms with Crippen LogP contribution in [0.15, 0.2) is 24.3 Å². The molecule has 1 atom stereocenters. The van der Waals surface area contributed by atoms with Gasteiger partial charge in [0.25, 0.3) is 11.8 Å². The minimum absolute atomic E-state index is 0.0190. The minimum atomic E-state index is -4.55. The van der Waals surface area contributed by atoms with Crippen molar-refractivity contribution in [1.82, 2.24) is 5.32 Å². The Morgan fingerprint density at radius 2 is 1.86 bits per heavy atom. The Morgan fingerprint density at radius 3 is 2.43 bits per heavy atom. The van der Waals surface area contributed by atoms with Gasteiger partial charge in [0.1, 0.15) is 12.1 Å². The fourth-order valence-electron chi connectivity index (χ4n) is 2.26. The van der Waals surface area contributed by atoms with Crippen LogP contribution in [0.5, 0.6) is 0 Å². The van der Waals surface area contributed by atoms with E-state index in [9.17, 15) is 22.8 Å². The molecule has 1 unspecified atom stereocenters. The molecule has 114 valence electrons. The second-order valence-electron chi connectivity index (χ2n) is 5.16. The Balaban J connectivity index is 2.59. The van der Waals surface area contributed by atoms with Gasteiger partial charge in [-0.05, 0) is 25.5 Å². The number of carbonyl (C=O) groups is 2. The third kappa shape index (κ3) is 2.86. The first-order valence-electron chi connectivity index (χ1n) is 6.48. The monoisotopic (exact) mass is 300 g/mol. The summed E-state index contributed by atoms with van der Waals surface area (Å²) in [5.41, 5.74) is -1.32. The van der Waals surface area contributed by atoms with Crippen molar-refractivity contribution in [3.63, 3.8) is 0 Å². The van der Waals surface area contributed by atoms with Gasteiger partial charge in [-0.1, -0.05) is 19.1 Å². The number of fused-ring (bicyclic) bond motifs is 1. The van der Waals surface area contributed by atoms with Gasteiger partial charge in [-0.3, -0.25) is 9.59 Å². The molecule has 21 heavy (non-hydrogen) atoms. The number of hydrogen-bond acceptors (Lipinski definition) is 2. The lowest BCUT2D eigenvalue weighted by molar-refractivity contribution is -0.135. The molecule has 0 fully saturated rings. The number of alkyl halides is 3. The van der Waals surface area contributed by atoms with Gasteiger partial charge in [-0.15, -0.1) is 0 Å². The quantitative estimate of drug-likeness (QED) is 0.912. The maximum Gasteiger partial charge on any atom is 0.406 e. The van der Waals surface area contributed by atoms with Gasteiger partial charge in [0.15, 0.2) is 0 Å². The highest BCUT2D eigenvalue weighted by Crippen LogP contribution is 2.31. The second kappa shape index (κ2) is 5.05. The van der Waals surface area contributed by atoms with Crippen molar-refractivity contribution in [3.8, 4) is 0 Å². The van der Waals surface area contributed by atoms with E-state index in [2.05, 4.69) is 5.32 Å². The van der Waals surface area contributed by atoms with Crippen molar-refractivity contribution in [2.75, 3.05) is 11.4 Å². The van der Waals surface area contributed by atoms with Crippen molar-refractivity contribution >= 4 is 17.5 Å². The van der Waals surface area contributed by atoms with Crippen LogP contribution in [0.4, 0.5) is 18.9 Å². The largest absolute Gasteiger partial charge is 0.406 e. The normalized spacial score (nSPS) is 22.6. The molecule has 2 amide bonds. The van der Waals surface area contributed by atoms with E-state index in [1.165, 1.54) is 25.1 Å². The third-order valence-corrected chi connectivity index (χ3v) is 3.59. The average molecular weight is 300 g/mol. The molecule has 1 aromatic carbocycles. The SMILES string of the molecule is CCC1(C)NC(=O)c2ccccc2N(CC(F)(F)F)C1=O. The van der Waals surface area contributed by atoms with Crippen LogP contribution >= 0.6 is 0 Å². The number of rotatable bonds is 2. The third-order valence-electron chi connectivity index (χ3n) is 3.59. The Morgan fingerprint density at radius 1 is 1.24 bits per heavy atom. The maximum atomic E-state index is 12.8. The summed E-state index contributed by atoms with van der Waals surface area (Å²) in [5, 5.41) is 2.53. The second-order valence-corrected chi connectivity index (χ2v) is 5.16. The maximum absolute atomic E-state index is 12.8. The van der Waals surface area contributed by atoms with Gasteiger partial charge in [0.2, 0.25) is 0 Å². The molecule has 0 spiro atoms. The summed E-state index contributed by atoms with van der Waals surface area (Å²) < 4.78 is 38.4. The van der Waals surface area contributed by atoms with Crippen molar-refractivity contribution in [2.24, 2.45) is 0 Å². The first-order valence-corrected chi connectivity index (χ1v) is 6.48. The molecule has 2 rings (SSSR count). The molecule has 0 radical (unpaired) electrons. The van der Waals surface area contributed by atoms with Crippen molar-refractivity contribution in [2.45, 2.75) is 32.0 Å². The summed E-state index contributed by atoms with van der Waals surface area (Å²) in [4.78, 5) is 25.3. The number of nitrogens with one attached hydrogen (secondary N) is 1. The summed E-state index contributed by atoms with van der Waals surface area (Å²) in [6.07, 6.45) is -4.36. The van der Waals surface area contributed by atoms with E-state index >= 15 is 0 Å². The number of para-hydroxylation sites is 1. The average Bonchev–Trinajstić information content (AvgIpc) is 2.49. The molecule has 1 aromatic rings. The molecule has 0 bridgehead atoms. The molecule has 1 aliphatic rings. The zero-order valence-electron chi connectivity index (χ0n) is 11.6. The number of hydrogen-bond donors (Lipinski definition) is 1. The molecule has 1 aliphatic heterocycles. The molecule has 4 nitrogen and oxygen atoms in total. The van der Waals surface area contributed by atoms with Crippen LogP contribution in [0.25, 0.3) is 0 Å². The van der Waals surface area contributed by atoms with Crippen LogP contribution < -0.4 is 10.2 Å². The van der Waals surface area contributed by atoms with Crippen LogP contribution in [0, 0.1) is 0 Å². The molecule has 1 N–H and O–H groups in total. The van der Waals surface area contributed by atoms with Gasteiger partial charge in [0.05, 0.1) is 11.3 Å². The van der Waals surface area contributed by atoms with Crippen molar-refractivity contribution in [3.05, 3.63) is 29.8 Å². The Bertz CT molecular complexity index is 586. The molecule has 0 aromatic heterocycles. The topological polar surface area (TPSA) is 49.4 Å². The van der Waals surface area contributed by atoms with E-state index in [4.69, 9.17) is 0 Å². The Hall–Kier alpha value is -2.05. The molecule has 0 saturated heterocycles. The van der Waals surface area contributed by atoms with E-state index in [1.54, 1.807) is 13.0 Å². The minimum Gasteiger partial charge on any atom is -0.338 e. The number of anilines is 1. The number of carbonyl (C=O) groups excluding carboxylic acids is 2.